The average molecular weight is 511 g/mol. The molecule has 1 N–H and O–H groups in total. The Hall–Kier alpha value is -4.39. The van der Waals surface area contributed by atoms with Gasteiger partial charge < -0.3 is 14.3 Å². The molecule has 5 rings (SSSR count). The van der Waals surface area contributed by atoms with E-state index in [-0.39, 0.29) is 5.91 Å². The van der Waals surface area contributed by atoms with Gasteiger partial charge in [0.05, 0.1) is 18.2 Å². The number of β-lactam (4-membered cyclic amide) rings is 1. The highest BCUT2D eigenvalue weighted by atomic mass is 16.5. The van der Waals surface area contributed by atoms with Crippen molar-refractivity contribution in [2.75, 3.05) is 11.5 Å². The van der Waals surface area contributed by atoms with E-state index < -0.39 is 17.9 Å². The van der Waals surface area contributed by atoms with E-state index in [2.05, 4.69) is 11.9 Å². The van der Waals surface area contributed by atoms with Gasteiger partial charge in [0.15, 0.2) is 0 Å². The number of carboxylic acid groups (broad SMARTS) is 1. The zero-order valence-corrected chi connectivity index (χ0v) is 21.5. The van der Waals surface area contributed by atoms with Crippen LogP contribution in [0.25, 0.3) is 11.5 Å². The van der Waals surface area contributed by atoms with Crippen LogP contribution in [0.2, 0.25) is 0 Å². The molecular formula is C31H30N2O5. The highest BCUT2D eigenvalue weighted by Crippen LogP contribution is 2.35. The topological polar surface area (TPSA) is 92.9 Å². The highest BCUT2D eigenvalue weighted by molar-refractivity contribution is 6.10. The Morgan fingerprint density at radius 1 is 1.03 bits per heavy atom. The smallest absolute Gasteiger partial charge is 0.327 e. The first-order valence-corrected chi connectivity index (χ1v) is 12.8. The fraction of sp³-hybridized carbons (Fsp3) is 0.258. The Kier molecular flexibility index (Phi) is 7.26. The molecule has 0 bridgehead atoms. The highest BCUT2D eigenvalue weighted by Gasteiger charge is 2.52. The van der Waals surface area contributed by atoms with Crippen molar-refractivity contribution in [1.29, 1.82) is 0 Å². The van der Waals surface area contributed by atoms with Crippen molar-refractivity contribution in [2.45, 2.75) is 39.2 Å². The lowest BCUT2D eigenvalue weighted by Crippen LogP contribution is -2.65. The molecule has 7 nitrogen and oxygen atoms in total. The van der Waals surface area contributed by atoms with Gasteiger partial charge in [-0.25, -0.2) is 9.78 Å². The van der Waals surface area contributed by atoms with Gasteiger partial charge in [-0.05, 0) is 67.3 Å². The minimum atomic E-state index is -1.00. The van der Waals surface area contributed by atoms with Crippen molar-refractivity contribution < 1.29 is 23.8 Å². The number of oxazole rings is 1. The number of aryl methyl sites for hydroxylation is 2. The lowest BCUT2D eigenvalue weighted by atomic mass is 9.81. The third-order valence-corrected chi connectivity index (χ3v) is 6.96. The van der Waals surface area contributed by atoms with Gasteiger partial charge in [-0.1, -0.05) is 49.4 Å². The molecule has 7 heteroatoms. The van der Waals surface area contributed by atoms with Crippen LogP contribution < -0.4 is 9.64 Å². The number of aromatic nitrogens is 1. The molecule has 1 aliphatic heterocycles. The number of anilines is 1. The summed E-state index contributed by atoms with van der Waals surface area (Å²) in [7, 11) is 0. The molecule has 0 aliphatic carbocycles. The predicted molar refractivity (Wildman–Crippen MR) is 144 cm³/mol. The van der Waals surface area contributed by atoms with Crippen LogP contribution in [0.3, 0.4) is 0 Å². The van der Waals surface area contributed by atoms with Crippen LogP contribution >= 0.6 is 0 Å². The SMILES string of the molecule is CCc1ccc(N2C(=O)[C@H](Cc3cccc(OCCc4nc(-c5ccccc5)oc4C)c3)[C@@H]2C(=O)O)cc1. The van der Waals surface area contributed by atoms with E-state index in [9.17, 15) is 14.7 Å². The monoisotopic (exact) mass is 510 g/mol. The van der Waals surface area contributed by atoms with Gasteiger partial charge >= 0.3 is 5.97 Å². The van der Waals surface area contributed by atoms with Gasteiger partial charge in [0.1, 0.15) is 17.6 Å². The van der Waals surface area contributed by atoms with Crippen molar-refractivity contribution in [2.24, 2.45) is 5.92 Å². The fourth-order valence-electron chi connectivity index (χ4n) is 4.86. The van der Waals surface area contributed by atoms with Crippen LogP contribution in [0.4, 0.5) is 5.69 Å². The summed E-state index contributed by atoms with van der Waals surface area (Å²) >= 11 is 0. The number of benzene rings is 3. The second kappa shape index (κ2) is 10.9. The zero-order chi connectivity index (χ0) is 26.6. The summed E-state index contributed by atoms with van der Waals surface area (Å²) < 4.78 is 11.8. The van der Waals surface area contributed by atoms with Gasteiger partial charge in [0.25, 0.3) is 0 Å². The summed E-state index contributed by atoms with van der Waals surface area (Å²) in [6.45, 7) is 4.35. The van der Waals surface area contributed by atoms with E-state index in [1.807, 2.05) is 85.8 Å². The molecule has 1 amide bonds. The maximum atomic E-state index is 13.0. The average Bonchev–Trinajstić information content (AvgIpc) is 3.31. The summed E-state index contributed by atoms with van der Waals surface area (Å²) in [6, 6.07) is 23.8. The quantitative estimate of drug-likeness (QED) is 0.284. The third kappa shape index (κ3) is 5.18. The summed E-state index contributed by atoms with van der Waals surface area (Å²) in [5.41, 5.74) is 4.38. The standard InChI is InChI=1S/C31H30N2O5/c1-3-21-12-14-24(15-13-21)33-28(31(35)36)26(30(33)34)19-22-8-7-11-25(18-22)37-17-16-27-20(2)38-29(32-27)23-9-5-4-6-10-23/h4-15,18,26,28H,3,16-17,19H2,1-2H3,(H,35,36)/t26-,28-/m1/s1. The van der Waals surface area contributed by atoms with Gasteiger partial charge in [0.2, 0.25) is 11.8 Å². The number of carbonyl (C=O) groups is 2. The molecule has 1 saturated heterocycles. The van der Waals surface area contributed by atoms with Gasteiger partial charge in [-0.3, -0.25) is 9.69 Å². The van der Waals surface area contributed by atoms with Gasteiger partial charge in [-0.15, -0.1) is 0 Å². The molecule has 0 spiro atoms. The Labute approximate surface area is 221 Å². The number of nitrogens with zero attached hydrogens (tertiary/aromatic N) is 2. The number of aliphatic carboxylic acids is 1. The molecule has 0 unspecified atom stereocenters. The third-order valence-electron chi connectivity index (χ3n) is 6.96. The lowest BCUT2D eigenvalue weighted by Gasteiger charge is -2.44. The number of ether oxygens (including phenoxy) is 1. The maximum absolute atomic E-state index is 13.0. The Bertz CT molecular complexity index is 1430. The molecule has 3 aromatic carbocycles. The minimum absolute atomic E-state index is 0.177. The molecule has 1 aromatic heterocycles. The maximum Gasteiger partial charge on any atom is 0.327 e. The van der Waals surface area contributed by atoms with E-state index in [4.69, 9.17) is 9.15 Å². The fourth-order valence-corrected chi connectivity index (χ4v) is 4.86. The Balaban J connectivity index is 1.21. The zero-order valence-electron chi connectivity index (χ0n) is 21.5. The summed E-state index contributed by atoms with van der Waals surface area (Å²) in [5, 5.41) is 9.88. The summed E-state index contributed by atoms with van der Waals surface area (Å²) in [6.07, 6.45) is 1.80. The van der Waals surface area contributed by atoms with E-state index >= 15 is 0 Å². The molecule has 2 heterocycles. The van der Waals surface area contributed by atoms with Crippen LogP contribution in [-0.2, 0) is 28.9 Å². The number of hydrogen-bond acceptors (Lipinski definition) is 5. The van der Waals surface area contributed by atoms with Crippen LogP contribution in [0.5, 0.6) is 5.75 Å². The summed E-state index contributed by atoms with van der Waals surface area (Å²) in [4.78, 5) is 31.1. The van der Waals surface area contributed by atoms with Crippen LogP contribution in [0.15, 0.2) is 83.3 Å². The molecule has 38 heavy (non-hydrogen) atoms. The molecule has 0 saturated carbocycles. The minimum Gasteiger partial charge on any atom is -0.493 e. The normalized spacial score (nSPS) is 16.8. The van der Waals surface area contributed by atoms with Crippen LogP contribution in [0.1, 0.15) is 29.5 Å². The van der Waals surface area contributed by atoms with Gasteiger partial charge in [-0.2, -0.15) is 0 Å². The van der Waals surface area contributed by atoms with Gasteiger partial charge in [0, 0.05) is 17.7 Å². The number of hydrogen-bond donors (Lipinski definition) is 1. The van der Waals surface area contributed by atoms with E-state index in [0.717, 1.165) is 34.6 Å². The molecule has 1 fully saturated rings. The van der Waals surface area contributed by atoms with Crippen LogP contribution in [0, 0.1) is 12.8 Å². The molecule has 1 aliphatic rings. The first kappa shape index (κ1) is 25.3. The summed E-state index contributed by atoms with van der Waals surface area (Å²) in [5.74, 6) is 0.218. The van der Waals surface area contributed by atoms with Crippen LogP contribution in [-0.4, -0.2) is 34.6 Å². The second-order valence-electron chi connectivity index (χ2n) is 9.46. The molecular weight excluding hydrogens is 480 g/mol. The molecule has 2 atom stereocenters. The van der Waals surface area contributed by atoms with Crippen molar-refractivity contribution in [3.63, 3.8) is 0 Å². The van der Waals surface area contributed by atoms with Crippen molar-refractivity contribution >= 4 is 17.6 Å². The Morgan fingerprint density at radius 2 is 1.79 bits per heavy atom. The van der Waals surface area contributed by atoms with Crippen molar-refractivity contribution in [3.8, 4) is 17.2 Å². The number of amides is 1. The largest absolute Gasteiger partial charge is 0.493 e. The first-order valence-electron chi connectivity index (χ1n) is 12.8. The molecule has 4 aromatic rings. The molecule has 0 radical (unpaired) electrons. The lowest BCUT2D eigenvalue weighted by molar-refractivity contribution is -0.149. The predicted octanol–water partition coefficient (Wildman–Crippen LogP) is 5.49. The molecule has 194 valence electrons. The number of carbonyl (C=O) groups excluding carboxylic acids is 1. The van der Waals surface area contributed by atoms with Crippen molar-refractivity contribution in [3.05, 3.63) is 101 Å². The number of rotatable bonds is 10. The van der Waals surface area contributed by atoms with Crippen molar-refractivity contribution in [1.82, 2.24) is 4.98 Å². The number of carboxylic acids is 1. The second-order valence-corrected chi connectivity index (χ2v) is 9.46. The van der Waals surface area contributed by atoms with E-state index in [1.54, 1.807) is 0 Å². The van der Waals surface area contributed by atoms with E-state index in [0.29, 0.717) is 36.8 Å². The Morgan fingerprint density at radius 3 is 2.50 bits per heavy atom. The van der Waals surface area contributed by atoms with E-state index in [1.165, 1.54) is 4.90 Å². The first-order chi connectivity index (χ1) is 18.4.